The van der Waals surface area contributed by atoms with Gasteiger partial charge >= 0.3 is 6.03 Å². The van der Waals surface area contributed by atoms with E-state index in [1.54, 1.807) is 0 Å². The van der Waals surface area contributed by atoms with Gasteiger partial charge in [-0.1, -0.05) is 0 Å². The van der Waals surface area contributed by atoms with Gasteiger partial charge in [-0.3, -0.25) is 0 Å². The fraction of sp³-hybridized carbons (Fsp3) is 0.550. The third-order valence-corrected chi connectivity index (χ3v) is 6.76. The number of nitrogens with one attached hydrogen (secondary N) is 2. The van der Waals surface area contributed by atoms with Crippen LogP contribution >= 0.6 is 22.6 Å². The summed E-state index contributed by atoms with van der Waals surface area (Å²) in [5, 5.41) is 4.70. The molecule has 1 aliphatic heterocycles. The predicted octanol–water partition coefficient (Wildman–Crippen LogP) is 3.54. The molecular formula is C20H27IN4O. The molecule has 2 aliphatic rings. The number of carbonyl (C=O) groups excluding carboxylic acids is 1. The van der Waals surface area contributed by atoms with Gasteiger partial charge in [0.15, 0.2) is 0 Å². The molecule has 2 aromatic rings. The number of piperidine rings is 1. The van der Waals surface area contributed by atoms with E-state index in [9.17, 15) is 4.79 Å². The molecule has 140 valence electrons. The summed E-state index contributed by atoms with van der Waals surface area (Å²) in [4.78, 5) is 20.3. The molecule has 5 nitrogen and oxygen atoms in total. The zero-order valence-corrected chi connectivity index (χ0v) is 17.8. The van der Waals surface area contributed by atoms with Gasteiger partial charge in [0.25, 0.3) is 0 Å². The maximum absolute atomic E-state index is 12.5. The number of urea groups is 1. The summed E-state index contributed by atoms with van der Waals surface area (Å²) in [5.74, 6) is 0.469. The van der Waals surface area contributed by atoms with E-state index < -0.39 is 0 Å². The highest BCUT2D eigenvalue weighted by Gasteiger charge is 2.40. The van der Waals surface area contributed by atoms with Crippen LogP contribution in [0.4, 0.5) is 4.79 Å². The van der Waals surface area contributed by atoms with Crippen molar-refractivity contribution < 1.29 is 4.79 Å². The first-order valence-electron chi connectivity index (χ1n) is 9.56. The summed E-state index contributed by atoms with van der Waals surface area (Å²) in [6, 6.07) is 5.36. The Labute approximate surface area is 168 Å². The van der Waals surface area contributed by atoms with Gasteiger partial charge in [0.1, 0.15) is 0 Å². The van der Waals surface area contributed by atoms with Gasteiger partial charge in [0.05, 0.1) is 0 Å². The second-order valence-electron chi connectivity index (χ2n) is 7.60. The van der Waals surface area contributed by atoms with E-state index in [1.165, 1.54) is 25.6 Å². The highest BCUT2D eigenvalue weighted by Crippen LogP contribution is 2.43. The Hall–Kier alpha value is -1.28. The zero-order chi connectivity index (χ0) is 18.4. The topological polar surface area (TPSA) is 51.4 Å². The van der Waals surface area contributed by atoms with E-state index >= 15 is 0 Å². The Morgan fingerprint density at radius 3 is 2.88 bits per heavy atom. The van der Waals surface area contributed by atoms with Crippen LogP contribution in [0.3, 0.4) is 0 Å². The number of halogens is 1. The van der Waals surface area contributed by atoms with Crippen LogP contribution in [0, 0.1) is 3.57 Å². The third kappa shape index (κ3) is 3.01. The average Bonchev–Trinajstić information content (AvgIpc) is 3.00. The Morgan fingerprint density at radius 2 is 2.15 bits per heavy atom. The van der Waals surface area contributed by atoms with Crippen molar-refractivity contribution in [2.45, 2.75) is 44.7 Å². The SMILES string of the molecule is CCN(CC)C(=O)N[C@H]1CC2c3cc(I)cc4[nH]cc(c34)C[C@H]2N(C)C1. The summed E-state index contributed by atoms with van der Waals surface area (Å²) in [6.07, 6.45) is 4.29. The van der Waals surface area contributed by atoms with Crippen molar-refractivity contribution in [3.8, 4) is 0 Å². The van der Waals surface area contributed by atoms with Gasteiger partial charge in [-0.05, 0) is 79.6 Å². The van der Waals surface area contributed by atoms with Gasteiger partial charge in [-0.25, -0.2) is 4.79 Å². The number of H-pyrrole nitrogens is 1. The van der Waals surface area contributed by atoms with Crippen LogP contribution in [0.2, 0.25) is 0 Å². The number of aromatic nitrogens is 1. The minimum Gasteiger partial charge on any atom is -0.361 e. The predicted molar refractivity (Wildman–Crippen MR) is 114 cm³/mol. The molecule has 1 aromatic carbocycles. The van der Waals surface area contributed by atoms with Crippen molar-refractivity contribution in [3.63, 3.8) is 0 Å². The lowest BCUT2D eigenvalue weighted by atomic mass is 9.74. The van der Waals surface area contributed by atoms with Gasteiger partial charge in [0.2, 0.25) is 0 Å². The summed E-state index contributed by atoms with van der Waals surface area (Å²) >= 11 is 2.41. The molecule has 4 rings (SSSR count). The van der Waals surface area contributed by atoms with Crippen LogP contribution in [0.25, 0.3) is 10.9 Å². The summed E-state index contributed by atoms with van der Waals surface area (Å²) in [6.45, 7) is 6.48. The maximum Gasteiger partial charge on any atom is 0.317 e. The van der Waals surface area contributed by atoms with Crippen molar-refractivity contribution in [1.82, 2.24) is 20.1 Å². The fourth-order valence-corrected chi connectivity index (χ4v) is 5.50. The number of hydrogen-bond acceptors (Lipinski definition) is 2. The first-order valence-corrected chi connectivity index (χ1v) is 10.6. The molecule has 2 amide bonds. The monoisotopic (exact) mass is 466 g/mol. The molecule has 1 aliphatic carbocycles. The largest absolute Gasteiger partial charge is 0.361 e. The number of amides is 2. The van der Waals surface area contributed by atoms with Crippen LogP contribution in [-0.4, -0.2) is 59.6 Å². The van der Waals surface area contributed by atoms with E-state index in [4.69, 9.17) is 0 Å². The normalized spacial score (nSPS) is 25.2. The molecule has 0 bridgehead atoms. The van der Waals surface area contributed by atoms with E-state index in [-0.39, 0.29) is 12.1 Å². The highest BCUT2D eigenvalue weighted by atomic mass is 127. The molecule has 6 heteroatoms. The lowest BCUT2D eigenvalue weighted by Gasteiger charge is -2.46. The van der Waals surface area contributed by atoms with Gasteiger partial charge in [0, 0.05) is 58.3 Å². The molecule has 26 heavy (non-hydrogen) atoms. The maximum atomic E-state index is 12.5. The molecule has 0 radical (unpaired) electrons. The summed E-state index contributed by atoms with van der Waals surface area (Å²) in [7, 11) is 2.20. The minimum atomic E-state index is 0.0674. The van der Waals surface area contributed by atoms with Gasteiger partial charge < -0.3 is 20.1 Å². The van der Waals surface area contributed by atoms with Crippen molar-refractivity contribution in [2.75, 3.05) is 26.7 Å². The van der Waals surface area contributed by atoms with Crippen LogP contribution in [-0.2, 0) is 6.42 Å². The van der Waals surface area contributed by atoms with Crippen LogP contribution < -0.4 is 5.32 Å². The third-order valence-electron chi connectivity index (χ3n) is 6.14. The first-order chi connectivity index (χ1) is 12.5. The van der Waals surface area contributed by atoms with Crippen LogP contribution in [0.1, 0.15) is 37.3 Å². The van der Waals surface area contributed by atoms with Crippen LogP contribution in [0.15, 0.2) is 18.3 Å². The fourth-order valence-electron chi connectivity index (χ4n) is 4.86. The minimum absolute atomic E-state index is 0.0674. The number of fused-ring (bicyclic) bond motifs is 2. The van der Waals surface area contributed by atoms with Gasteiger partial charge in [-0.2, -0.15) is 0 Å². The van der Waals surface area contributed by atoms with E-state index in [0.717, 1.165) is 32.5 Å². The zero-order valence-electron chi connectivity index (χ0n) is 15.7. The highest BCUT2D eigenvalue weighted by molar-refractivity contribution is 14.1. The summed E-state index contributed by atoms with van der Waals surface area (Å²) in [5.41, 5.74) is 4.13. The molecule has 0 spiro atoms. The molecule has 1 saturated heterocycles. The standard InChI is InChI=1S/C20H27IN4O/c1-4-25(5-2)20(26)23-14-9-15-16-7-13(21)8-17-19(16)12(10-22-17)6-18(15)24(3)11-14/h7-8,10,14-15,18,22H,4-6,9,11H2,1-3H3,(H,23,26)/t14-,15?,18+/m0/s1. The number of likely N-dealkylation sites (N-methyl/N-ethyl adjacent to an activating group) is 1. The molecule has 1 unspecified atom stereocenters. The number of benzene rings is 1. The van der Waals surface area contributed by atoms with Gasteiger partial charge in [-0.15, -0.1) is 0 Å². The lowest BCUT2D eigenvalue weighted by molar-refractivity contribution is 0.124. The number of aromatic amines is 1. The second-order valence-corrected chi connectivity index (χ2v) is 8.85. The van der Waals surface area contributed by atoms with Crippen LogP contribution in [0.5, 0.6) is 0 Å². The van der Waals surface area contributed by atoms with E-state index in [1.807, 2.05) is 18.7 Å². The molecule has 0 saturated carbocycles. The summed E-state index contributed by atoms with van der Waals surface area (Å²) < 4.78 is 1.27. The Balaban J connectivity index is 1.63. The molecule has 3 atom stereocenters. The number of carbonyl (C=O) groups is 1. The quantitative estimate of drug-likeness (QED) is 0.681. The number of nitrogens with zero attached hydrogens (tertiary/aromatic N) is 2. The molecule has 2 heterocycles. The molecular weight excluding hydrogens is 439 g/mol. The number of likely N-dealkylation sites (tertiary alicyclic amines) is 1. The van der Waals surface area contributed by atoms with E-state index in [2.05, 4.69) is 63.2 Å². The average molecular weight is 466 g/mol. The van der Waals surface area contributed by atoms with Crippen molar-refractivity contribution in [3.05, 3.63) is 33.0 Å². The Bertz CT molecular complexity index is 829. The Kier molecular flexibility index (Phi) is 4.90. The van der Waals surface area contributed by atoms with E-state index in [0.29, 0.717) is 12.0 Å². The smallest absolute Gasteiger partial charge is 0.317 e. The van der Waals surface area contributed by atoms with Crippen molar-refractivity contribution in [1.29, 1.82) is 0 Å². The number of hydrogen-bond donors (Lipinski definition) is 2. The van der Waals surface area contributed by atoms with Crippen molar-refractivity contribution in [2.24, 2.45) is 0 Å². The molecule has 1 fully saturated rings. The Morgan fingerprint density at radius 1 is 1.38 bits per heavy atom. The lowest BCUT2D eigenvalue weighted by Crippen LogP contribution is -2.56. The first kappa shape index (κ1) is 18.1. The molecule has 2 N–H and O–H groups in total. The second kappa shape index (κ2) is 7.03. The molecule has 1 aromatic heterocycles. The van der Waals surface area contributed by atoms with Crippen molar-refractivity contribution >= 4 is 39.5 Å². The number of rotatable bonds is 3.